The maximum Gasteiger partial charge on any atom is 0.244 e. The van der Waals surface area contributed by atoms with E-state index in [1.807, 2.05) is 50.2 Å². The first-order valence-electron chi connectivity index (χ1n) is 9.48. The summed E-state index contributed by atoms with van der Waals surface area (Å²) < 4.78 is 0.943. The van der Waals surface area contributed by atoms with Gasteiger partial charge < -0.3 is 10.2 Å². The molecular formula is C22H22BrN3O2. The number of anilines is 2. The van der Waals surface area contributed by atoms with E-state index in [0.29, 0.717) is 5.69 Å². The van der Waals surface area contributed by atoms with Gasteiger partial charge in [-0.25, -0.2) is 0 Å². The largest absolute Gasteiger partial charge is 0.325 e. The first kappa shape index (κ1) is 18.9. The fourth-order valence-corrected chi connectivity index (χ4v) is 4.09. The van der Waals surface area contributed by atoms with Gasteiger partial charge in [-0.15, -0.1) is 0 Å². The van der Waals surface area contributed by atoms with Gasteiger partial charge >= 0.3 is 0 Å². The van der Waals surface area contributed by atoms with Crippen molar-refractivity contribution >= 4 is 50.5 Å². The zero-order chi connectivity index (χ0) is 19.8. The van der Waals surface area contributed by atoms with Crippen molar-refractivity contribution in [3.05, 3.63) is 52.0 Å². The zero-order valence-electron chi connectivity index (χ0n) is 16.0. The number of aryl methyl sites for hydroxylation is 2. The first-order valence-corrected chi connectivity index (χ1v) is 10.3. The lowest BCUT2D eigenvalue weighted by molar-refractivity contribution is -0.122. The van der Waals surface area contributed by atoms with Gasteiger partial charge in [0.2, 0.25) is 11.8 Å². The van der Waals surface area contributed by atoms with Crippen molar-refractivity contribution in [2.24, 2.45) is 10.9 Å². The van der Waals surface area contributed by atoms with Crippen LogP contribution in [-0.2, 0) is 9.59 Å². The van der Waals surface area contributed by atoms with Crippen LogP contribution in [0.2, 0.25) is 0 Å². The van der Waals surface area contributed by atoms with Crippen molar-refractivity contribution in [2.75, 3.05) is 16.8 Å². The third kappa shape index (κ3) is 3.61. The minimum absolute atomic E-state index is 0.0239. The van der Waals surface area contributed by atoms with Gasteiger partial charge in [-0.3, -0.25) is 14.6 Å². The predicted octanol–water partition coefficient (Wildman–Crippen LogP) is 4.92. The molecule has 1 N–H and O–H groups in total. The molecule has 1 heterocycles. The first-order chi connectivity index (χ1) is 13.4. The number of carbonyl (C=O) groups is 2. The number of nitrogens with one attached hydrogen (secondary N) is 1. The maximum atomic E-state index is 13.3. The maximum absolute atomic E-state index is 13.3. The average molecular weight is 440 g/mol. The molecular weight excluding hydrogens is 418 g/mol. The van der Waals surface area contributed by atoms with Gasteiger partial charge in [0.25, 0.3) is 0 Å². The van der Waals surface area contributed by atoms with E-state index in [1.165, 1.54) is 0 Å². The Labute approximate surface area is 173 Å². The molecule has 0 spiro atoms. The van der Waals surface area contributed by atoms with Crippen molar-refractivity contribution in [3.63, 3.8) is 0 Å². The number of benzene rings is 2. The number of carbonyl (C=O) groups excluding carboxylic acids is 2. The van der Waals surface area contributed by atoms with Crippen LogP contribution in [0.25, 0.3) is 0 Å². The lowest BCUT2D eigenvalue weighted by Crippen LogP contribution is -2.41. The number of halogens is 1. The highest BCUT2D eigenvalue weighted by Crippen LogP contribution is 2.39. The molecule has 0 saturated heterocycles. The number of amides is 2. The smallest absolute Gasteiger partial charge is 0.244 e. The molecule has 6 heteroatoms. The molecule has 2 aliphatic rings. The molecule has 2 amide bonds. The molecule has 2 aromatic carbocycles. The Morgan fingerprint density at radius 3 is 2.68 bits per heavy atom. The average Bonchev–Trinajstić information content (AvgIpc) is 3.09. The highest BCUT2D eigenvalue weighted by atomic mass is 79.9. The topological polar surface area (TPSA) is 61.8 Å². The van der Waals surface area contributed by atoms with Gasteiger partial charge in [0.1, 0.15) is 6.54 Å². The van der Waals surface area contributed by atoms with E-state index in [-0.39, 0.29) is 24.3 Å². The Morgan fingerprint density at radius 1 is 1.21 bits per heavy atom. The van der Waals surface area contributed by atoms with Crippen LogP contribution in [0.1, 0.15) is 30.4 Å². The van der Waals surface area contributed by atoms with Crippen molar-refractivity contribution in [1.82, 2.24) is 0 Å². The van der Waals surface area contributed by atoms with Gasteiger partial charge in [-0.05, 0) is 80.6 Å². The second-order valence-corrected chi connectivity index (χ2v) is 8.37. The number of nitrogens with zero attached hydrogens (tertiary/aromatic N) is 2. The number of fused-ring (bicyclic) bond motifs is 2. The Hall–Kier alpha value is -2.47. The number of rotatable bonds is 3. The monoisotopic (exact) mass is 439 g/mol. The molecule has 28 heavy (non-hydrogen) atoms. The van der Waals surface area contributed by atoms with E-state index < -0.39 is 0 Å². The van der Waals surface area contributed by atoms with Crippen LogP contribution in [0.4, 0.5) is 17.1 Å². The Morgan fingerprint density at radius 2 is 1.93 bits per heavy atom. The van der Waals surface area contributed by atoms with Gasteiger partial charge in [-0.2, -0.15) is 0 Å². The molecule has 5 nitrogen and oxygen atoms in total. The minimum Gasteiger partial charge on any atom is -0.325 e. The van der Waals surface area contributed by atoms with Crippen molar-refractivity contribution in [1.29, 1.82) is 0 Å². The summed E-state index contributed by atoms with van der Waals surface area (Å²) in [6.07, 6.45) is 2.62. The van der Waals surface area contributed by atoms with E-state index >= 15 is 0 Å². The quantitative estimate of drug-likeness (QED) is 0.736. The molecule has 1 atom stereocenters. The summed E-state index contributed by atoms with van der Waals surface area (Å²) in [5.41, 5.74) is 5.37. The number of hydrogen-bond donors (Lipinski definition) is 1. The third-order valence-electron chi connectivity index (χ3n) is 5.47. The van der Waals surface area contributed by atoms with Crippen LogP contribution in [0, 0.1) is 19.8 Å². The van der Waals surface area contributed by atoms with Gasteiger partial charge in [0.05, 0.1) is 17.3 Å². The van der Waals surface area contributed by atoms with Crippen LogP contribution >= 0.6 is 15.9 Å². The highest BCUT2D eigenvalue weighted by molar-refractivity contribution is 9.10. The van der Waals surface area contributed by atoms with E-state index in [4.69, 9.17) is 4.99 Å². The molecule has 144 valence electrons. The molecule has 1 saturated carbocycles. The second-order valence-electron chi connectivity index (χ2n) is 7.45. The zero-order valence-corrected chi connectivity index (χ0v) is 17.5. The summed E-state index contributed by atoms with van der Waals surface area (Å²) >= 11 is 3.39. The van der Waals surface area contributed by atoms with Crippen molar-refractivity contribution in [2.45, 2.75) is 33.1 Å². The van der Waals surface area contributed by atoms with Crippen molar-refractivity contribution < 1.29 is 9.59 Å². The summed E-state index contributed by atoms with van der Waals surface area (Å²) in [6, 6.07) is 11.4. The molecule has 0 radical (unpaired) electrons. The molecule has 2 aromatic rings. The van der Waals surface area contributed by atoms with Crippen molar-refractivity contribution in [3.8, 4) is 0 Å². The standard InChI is InChI=1S/C22H22BrN3O2/c1-13-10-19-20(11-14(13)2)26(22(28)17-4-3-5-18(17)25-19)12-21(27)24-16-8-6-15(23)7-9-16/h6-11,17H,3-5,12H2,1-2H3,(H,24,27). The van der Waals surface area contributed by atoms with Crippen LogP contribution < -0.4 is 10.2 Å². The van der Waals surface area contributed by atoms with Crippen LogP contribution in [0.3, 0.4) is 0 Å². The summed E-state index contributed by atoms with van der Waals surface area (Å²) in [5, 5.41) is 2.88. The van der Waals surface area contributed by atoms with Crippen LogP contribution in [-0.4, -0.2) is 24.1 Å². The second kappa shape index (κ2) is 7.51. The predicted molar refractivity (Wildman–Crippen MR) is 115 cm³/mol. The third-order valence-corrected chi connectivity index (χ3v) is 6.00. The van der Waals surface area contributed by atoms with Gasteiger partial charge in [-0.1, -0.05) is 15.9 Å². The molecule has 1 fully saturated rings. The summed E-state index contributed by atoms with van der Waals surface area (Å²) in [6.45, 7) is 4.03. The van der Waals surface area contributed by atoms with E-state index in [1.54, 1.807) is 4.90 Å². The fraction of sp³-hybridized carbons (Fsp3) is 0.318. The fourth-order valence-electron chi connectivity index (χ4n) is 3.82. The van der Waals surface area contributed by atoms with E-state index in [2.05, 4.69) is 21.2 Å². The lowest BCUT2D eigenvalue weighted by Gasteiger charge is -2.25. The molecule has 1 unspecified atom stereocenters. The molecule has 0 aromatic heterocycles. The number of hydrogen-bond acceptors (Lipinski definition) is 3. The molecule has 4 rings (SSSR count). The highest BCUT2D eigenvalue weighted by Gasteiger charge is 2.37. The number of aliphatic imine (C=N–C) groups is 1. The van der Waals surface area contributed by atoms with E-state index in [9.17, 15) is 9.59 Å². The molecule has 1 aliphatic carbocycles. The molecule has 1 aliphatic heterocycles. The van der Waals surface area contributed by atoms with Crippen LogP contribution in [0.15, 0.2) is 45.9 Å². The normalized spacial score (nSPS) is 18.2. The summed E-state index contributed by atoms with van der Waals surface area (Å²) in [4.78, 5) is 32.4. The van der Waals surface area contributed by atoms with Gasteiger partial charge in [0, 0.05) is 15.9 Å². The minimum atomic E-state index is -0.221. The summed E-state index contributed by atoms with van der Waals surface area (Å²) in [5.74, 6) is -0.459. The SMILES string of the molecule is Cc1cc2c(cc1C)N(CC(=O)Nc1ccc(Br)cc1)C(=O)C1CCCC1=N2. The van der Waals surface area contributed by atoms with Gasteiger partial charge in [0.15, 0.2) is 0 Å². The Balaban J connectivity index is 1.65. The van der Waals surface area contributed by atoms with Crippen LogP contribution in [0.5, 0.6) is 0 Å². The molecule has 0 bridgehead atoms. The lowest BCUT2D eigenvalue weighted by atomic mass is 10.0. The Kier molecular flexibility index (Phi) is 5.06. The van der Waals surface area contributed by atoms with E-state index in [0.717, 1.165) is 51.9 Å². The summed E-state index contributed by atoms with van der Waals surface area (Å²) in [7, 11) is 0. The Bertz CT molecular complexity index is 982.